The topological polar surface area (TPSA) is 109 Å². The number of thioether (sulfide) groups is 1. The molecule has 3 amide bonds. The Labute approximate surface area is 137 Å². The van der Waals surface area contributed by atoms with Gasteiger partial charge in [-0.25, -0.2) is 14.7 Å². The minimum Gasteiger partial charge on any atom is -0.335 e. The molecule has 1 heterocycles. The van der Waals surface area contributed by atoms with E-state index in [0.29, 0.717) is 5.16 Å². The lowest BCUT2D eigenvalue weighted by Gasteiger charge is -2.14. The molecule has 126 valence electrons. The summed E-state index contributed by atoms with van der Waals surface area (Å²) in [6.07, 6.45) is 6.07. The Morgan fingerprint density at radius 2 is 2.00 bits per heavy atom. The fourth-order valence-electron chi connectivity index (χ4n) is 2.74. The number of nitrogens with zero attached hydrogens (tertiary/aromatic N) is 2. The maximum absolute atomic E-state index is 12.1. The second-order valence-electron chi connectivity index (χ2n) is 6.12. The molecule has 2 aliphatic carbocycles. The first-order chi connectivity index (χ1) is 11.0. The Morgan fingerprint density at radius 1 is 1.30 bits per heavy atom. The molecule has 0 unspecified atom stereocenters. The van der Waals surface area contributed by atoms with Crippen molar-refractivity contribution in [3.63, 3.8) is 0 Å². The van der Waals surface area contributed by atoms with Gasteiger partial charge < -0.3 is 5.32 Å². The maximum atomic E-state index is 12.1. The summed E-state index contributed by atoms with van der Waals surface area (Å²) in [5.74, 6) is -0.386. The maximum Gasteiger partial charge on any atom is 0.344 e. The Bertz CT molecular complexity index is 645. The van der Waals surface area contributed by atoms with Crippen LogP contribution in [-0.2, 0) is 4.79 Å². The first-order valence-electron chi connectivity index (χ1n) is 7.99. The van der Waals surface area contributed by atoms with Gasteiger partial charge in [0.2, 0.25) is 5.91 Å². The second kappa shape index (κ2) is 6.77. The number of urea groups is 1. The third-order valence-corrected chi connectivity index (χ3v) is 5.23. The number of carbonyl (C=O) groups is 2. The molecule has 2 fully saturated rings. The van der Waals surface area contributed by atoms with Gasteiger partial charge >= 0.3 is 11.7 Å². The van der Waals surface area contributed by atoms with Gasteiger partial charge in [0.25, 0.3) is 0 Å². The molecule has 0 radical (unpaired) electrons. The first kappa shape index (κ1) is 16.1. The zero-order valence-corrected chi connectivity index (χ0v) is 13.8. The van der Waals surface area contributed by atoms with Crippen LogP contribution < -0.4 is 16.3 Å². The molecule has 8 nitrogen and oxygen atoms in total. The van der Waals surface area contributed by atoms with Crippen molar-refractivity contribution >= 4 is 23.7 Å². The molecule has 23 heavy (non-hydrogen) atoms. The van der Waals surface area contributed by atoms with Gasteiger partial charge in [0, 0.05) is 12.1 Å². The van der Waals surface area contributed by atoms with Crippen molar-refractivity contribution in [2.24, 2.45) is 0 Å². The average Bonchev–Trinajstić information content (AvgIpc) is 3.08. The van der Waals surface area contributed by atoms with E-state index >= 15 is 0 Å². The van der Waals surface area contributed by atoms with E-state index in [0.717, 1.165) is 38.5 Å². The van der Waals surface area contributed by atoms with Crippen molar-refractivity contribution in [2.75, 3.05) is 0 Å². The van der Waals surface area contributed by atoms with E-state index < -0.39 is 11.3 Å². The van der Waals surface area contributed by atoms with Gasteiger partial charge in [-0.15, -0.1) is 5.10 Å². The number of aromatic amines is 1. The van der Waals surface area contributed by atoms with E-state index in [9.17, 15) is 14.4 Å². The monoisotopic (exact) mass is 339 g/mol. The molecule has 0 bridgehead atoms. The van der Waals surface area contributed by atoms with Gasteiger partial charge in [-0.05, 0) is 32.6 Å². The van der Waals surface area contributed by atoms with Crippen LogP contribution in [-0.4, -0.2) is 38.0 Å². The lowest BCUT2D eigenvalue weighted by molar-refractivity contribution is -0.119. The molecule has 2 saturated carbocycles. The number of imide groups is 1. The van der Waals surface area contributed by atoms with Gasteiger partial charge in [0.1, 0.15) is 0 Å². The van der Waals surface area contributed by atoms with Crippen LogP contribution in [0.15, 0.2) is 9.95 Å². The first-order valence-corrected chi connectivity index (χ1v) is 8.87. The van der Waals surface area contributed by atoms with Crippen molar-refractivity contribution < 1.29 is 9.59 Å². The number of carbonyl (C=O) groups excluding carboxylic acids is 2. The largest absolute Gasteiger partial charge is 0.344 e. The highest BCUT2D eigenvalue weighted by Crippen LogP contribution is 2.36. The van der Waals surface area contributed by atoms with Crippen LogP contribution in [0.4, 0.5) is 4.79 Å². The predicted octanol–water partition coefficient (Wildman–Crippen LogP) is 1.16. The molecule has 3 N–H and O–H groups in total. The van der Waals surface area contributed by atoms with E-state index in [2.05, 4.69) is 20.8 Å². The third-order valence-electron chi connectivity index (χ3n) is 4.16. The van der Waals surface area contributed by atoms with E-state index in [-0.39, 0.29) is 23.7 Å². The van der Waals surface area contributed by atoms with Gasteiger partial charge in [-0.3, -0.25) is 14.7 Å². The Kier molecular flexibility index (Phi) is 4.74. The van der Waals surface area contributed by atoms with Crippen molar-refractivity contribution in [3.8, 4) is 0 Å². The van der Waals surface area contributed by atoms with Gasteiger partial charge in [-0.1, -0.05) is 24.6 Å². The molecule has 1 atom stereocenters. The van der Waals surface area contributed by atoms with Crippen molar-refractivity contribution in [3.05, 3.63) is 10.5 Å². The molecular formula is C14H21N5O3S. The third kappa shape index (κ3) is 3.95. The van der Waals surface area contributed by atoms with Crippen LogP contribution in [0, 0.1) is 0 Å². The summed E-state index contributed by atoms with van der Waals surface area (Å²) in [7, 11) is 0. The van der Waals surface area contributed by atoms with E-state index in [1.807, 2.05) is 0 Å². The highest BCUT2D eigenvalue weighted by atomic mass is 32.2. The van der Waals surface area contributed by atoms with Crippen LogP contribution >= 0.6 is 11.8 Å². The fraction of sp³-hybridized carbons (Fsp3) is 0.714. The Balaban J connectivity index is 1.53. The van der Waals surface area contributed by atoms with Crippen LogP contribution in [0.5, 0.6) is 0 Å². The molecule has 0 aliphatic heterocycles. The fourth-order valence-corrected chi connectivity index (χ4v) is 3.67. The van der Waals surface area contributed by atoms with E-state index in [1.54, 1.807) is 11.5 Å². The smallest absolute Gasteiger partial charge is 0.335 e. The summed E-state index contributed by atoms with van der Waals surface area (Å²) in [5.41, 5.74) is -0.249. The standard InChI is InChI=1S/C14H21N5O3S/c1-8(11(20)16-12(21)15-9-4-2-3-5-9)23-14-18-17-13(22)19(14)10-6-7-10/h8-10H,2-7H2,1H3,(H,17,22)(H2,15,16,20,21)/t8-/m1/s1. The predicted molar refractivity (Wildman–Crippen MR) is 85.4 cm³/mol. The molecule has 9 heteroatoms. The van der Waals surface area contributed by atoms with E-state index in [4.69, 9.17) is 0 Å². The molecule has 1 aromatic heterocycles. The average molecular weight is 339 g/mol. The summed E-state index contributed by atoms with van der Waals surface area (Å²) in [5, 5.41) is 11.5. The number of H-pyrrole nitrogens is 1. The number of hydrogen-bond donors (Lipinski definition) is 3. The van der Waals surface area contributed by atoms with Gasteiger partial charge in [0.05, 0.1) is 5.25 Å². The highest BCUT2D eigenvalue weighted by Gasteiger charge is 2.30. The number of nitrogens with one attached hydrogen (secondary N) is 3. The van der Waals surface area contributed by atoms with Gasteiger partial charge in [-0.2, -0.15) is 0 Å². The number of aromatic nitrogens is 3. The summed E-state index contributed by atoms with van der Waals surface area (Å²) in [6.45, 7) is 1.69. The summed E-state index contributed by atoms with van der Waals surface area (Å²) >= 11 is 1.18. The number of hydrogen-bond acceptors (Lipinski definition) is 5. The molecule has 0 saturated heterocycles. The number of amides is 3. The van der Waals surface area contributed by atoms with E-state index in [1.165, 1.54) is 11.8 Å². The van der Waals surface area contributed by atoms with Crippen LogP contribution in [0.25, 0.3) is 0 Å². The molecule has 3 rings (SSSR count). The SMILES string of the molecule is C[C@@H](Sc1n[nH]c(=O)n1C1CC1)C(=O)NC(=O)NC1CCCC1. The molecular weight excluding hydrogens is 318 g/mol. The minimum absolute atomic E-state index is 0.164. The lowest BCUT2D eigenvalue weighted by atomic mass is 10.2. The van der Waals surface area contributed by atoms with Crippen LogP contribution in [0.2, 0.25) is 0 Å². The summed E-state index contributed by atoms with van der Waals surface area (Å²) < 4.78 is 1.59. The van der Waals surface area contributed by atoms with Crippen molar-refractivity contribution in [1.82, 2.24) is 25.4 Å². The number of rotatable bonds is 5. The molecule has 0 spiro atoms. The Morgan fingerprint density at radius 3 is 2.65 bits per heavy atom. The molecule has 2 aliphatic rings. The second-order valence-corrected chi connectivity index (χ2v) is 7.42. The quantitative estimate of drug-likeness (QED) is 0.697. The Hall–Kier alpha value is -1.77. The van der Waals surface area contributed by atoms with Crippen LogP contribution in [0.1, 0.15) is 51.5 Å². The van der Waals surface area contributed by atoms with Crippen molar-refractivity contribution in [2.45, 2.75) is 67.9 Å². The lowest BCUT2D eigenvalue weighted by Crippen LogP contribution is -2.46. The van der Waals surface area contributed by atoms with Crippen molar-refractivity contribution in [1.29, 1.82) is 0 Å². The van der Waals surface area contributed by atoms with Crippen LogP contribution in [0.3, 0.4) is 0 Å². The molecule has 0 aromatic carbocycles. The minimum atomic E-state index is -0.517. The van der Waals surface area contributed by atoms with Gasteiger partial charge in [0.15, 0.2) is 5.16 Å². The molecule has 1 aromatic rings. The highest BCUT2D eigenvalue weighted by molar-refractivity contribution is 8.00. The zero-order valence-electron chi connectivity index (χ0n) is 13.0. The normalized spacial score (nSPS) is 19.5. The summed E-state index contributed by atoms with van der Waals surface area (Å²) in [4.78, 5) is 35.7. The summed E-state index contributed by atoms with van der Waals surface area (Å²) in [6, 6.07) is -0.0993. The zero-order chi connectivity index (χ0) is 16.4.